The van der Waals surface area contributed by atoms with Crippen LogP contribution in [0, 0.1) is 5.92 Å². The molecule has 0 radical (unpaired) electrons. The number of amides is 1. The number of rotatable bonds is 8. The maximum absolute atomic E-state index is 13.5. The minimum Gasteiger partial charge on any atom is -0.495 e. The van der Waals surface area contributed by atoms with Gasteiger partial charge in [-0.3, -0.25) is 4.79 Å². The number of likely N-dealkylation sites (N-methyl/N-ethyl adjacent to an activating group) is 1. The van der Waals surface area contributed by atoms with Crippen molar-refractivity contribution in [1.29, 1.82) is 0 Å². The zero-order chi connectivity index (χ0) is 27.9. The fraction of sp³-hybridized carbons (Fsp3) is 0.562. The number of allylic oxidation sites excluding steroid dienone is 3. The highest BCUT2D eigenvalue weighted by Crippen LogP contribution is 2.35. The van der Waals surface area contributed by atoms with Gasteiger partial charge in [0.2, 0.25) is 5.91 Å². The molecule has 7 nitrogen and oxygen atoms in total. The number of methoxy groups -OCH3 is 1. The summed E-state index contributed by atoms with van der Waals surface area (Å²) in [6, 6.07) is 6.82. The van der Waals surface area contributed by atoms with Crippen LogP contribution in [-0.4, -0.2) is 73.3 Å². The molecule has 3 aliphatic rings. The van der Waals surface area contributed by atoms with Gasteiger partial charge >= 0.3 is 0 Å². The number of hydrogen-bond donors (Lipinski definition) is 1. The molecule has 1 aromatic carbocycles. The van der Waals surface area contributed by atoms with E-state index in [-0.39, 0.29) is 11.8 Å². The zero-order valence-corrected chi connectivity index (χ0v) is 24.6. The summed E-state index contributed by atoms with van der Waals surface area (Å²) in [4.78, 5) is 25.1. The van der Waals surface area contributed by atoms with Gasteiger partial charge in [0.15, 0.2) is 5.84 Å². The van der Waals surface area contributed by atoms with Gasteiger partial charge in [-0.25, -0.2) is 4.99 Å². The van der Waals surface area contributed by atoms with Gasteiger partial charge in [-0.05, 0) is 89.7 Å². The van der Waals surface area contributed by atoms with E-state index in [0.717, 1.165) is 68.2 Å². The van der Waals surface area contributed by atoms with E-state index in [2.05, 4.69) is 53.0 Å². The Balaban J connectivity index is 1.62. The Labute approximate surface area is 235 Å². The summed E-state index contributed by atoms with van der Waals surface area (Å²) in [6.45, 7) is 11.2. The number of likely N-dealkylation sites (tertiary alicyclic amines) is 1. The van der Waals surface area contributed by atoms with Gasteiger partial charge in [0.25, 0.3) is 0 Å². The van der Waals surface area contributed by atoms with E-state index in [0.29, 0.717) is 24.3 Å². The summed E-state index contributed by atoms with van der Waals surface area (Å²) < 4.78 is 5.79. The van der Waals surface area contributed by atoms with Gasteiger partial charge in [-0.1, -0.05) is 43.7 Å². The van der Waals surface area contributed by atoms with E-state index in [1.54, 1.807) is 12.0 Å². The quantitative estimate of drug-likeness (QED) is 0.416. The van der Waals surface area contributed by atoms with Crippen molar-refractivity contribution in [3.63, 3.8) is 0 Å². The lowest BCUT2D eigenvalue weighted by atomic mass is 9.89. The predicted molar refractivity (Wildman–Crippen MR) is 161 cm³/mol. The highest BCUT2D eigenvalue weighted by molar-refractivity contribution is 6.04. The van der Waals surface area contributed by atoms with E-state index in [1.165, 1.54) is 18.4 Å². The van der Waals surface area contributed by atoms with Crippen molar-refractivity contribution in [2.24, 2.45) is 10.9 Å². The van der Waals surface area contributed by atoms with Crippen molar-refractivity contribution in [3.8, 4) is 5.75 Å². The van der Waals surface area contributed by atoms with E-state index in [1.807, 2.05) is 33.0 Å². The lowest BCUT2D eigenvalue weighted by Crippen LogP contribution is -2.42. The molecule has 1 atom stereocenters. The predicted octanol–water partition coefficient (Wildman–Crippen LogP) is 5.99. The summed E-state index contributed by atoms with van der Waals surface area (Å²) in [6.07, 6.45) is 13.9. The lowest BCUT2D eigenvalue weighted by molar-refractivity contribution is -0.131. The van der Waals surface area contributed by atoms with Crippen LogP contribution in [0.3, 0.4) is 0 Å². The Morgan fingerprint density at radius 2 is 1.87 bits per heavy atom. The number of carbonyl (C=O) groups is 1. The Bertz CT molecular complexity index is 1110. The molecule has 7 heteroatoms. The van der Waals surface area contributed by atoms with Crippen LogP contribution >= 0.6 is 0 Å². The third-order valence-corrected chi connectivity index (χ3v) is 8.59. The number of benzene rings is 1. The summed E-state index contributed by atoms with van der Waals surface area (Å²) in [5, 5.41) is 3.41. The second-order valence-electron chi connectivity index (χ2n) is 11.2. The Kier molecular flexibility index (Phi) is 9.89. The molecule has 1 unspecified atom stereocenters. The average Bonchev–Trinajstić information content (AvgIpc) is 3.45. The van der Waals surface area contributed by atoms with Gasteiger partial charge in [0.1, 0.15) is 11.6 Å². The minimum absolute atomic E-state index is 0.108. The number of aliphatic imine (C=N–C) groups is 1. The van der Waals surface area contributed by atoms with Crippen LogP contribution in [-0.2, 0) is 4.79 Å². The molecule has 1 aliphatic carbocycles. The van der Waals surface area contributed by atoms with Gasteiger partial charge in [0.05, 0.1) is 24.4 Å². The molecular weight excluding hydrogens is 486 g/mol. The molecule has 0 bridgehead atoms. The third-order valence-electron chi connectivity index (χ3n) is 8.59. The lowest BCUT2D eigenvalue weighted by Gasteiger charge is -2.32. The molecule has 2 heterocycles. The molecule has 1 amide bonds. The molecule has 3 fully saturated rings. The van der Waals surface area contributed by atoms with Crippen LogP contribution < -0.4 is 10.1 Å². The van der Waals surface area contributed by atoms with Crippen molar-refractivity contribution in [1.82, 2.24) is 14.7 Å². The average molecular weight is 534 g/mol. The zero-order valence-electron chi connectivity index (χ0n) is 24.6. The topological polar surface area (TPSA) is 60.4 Å². The maximum atomic E-state index is 13.5. The first-order valence-electron chi connectivity index (χ1n) is 14.6. The molecule has 1 saturated carbocycles. The number of anilines is 1. The molecule has 2 aliphatic heterocycles. The fourth-order valence-corrected chi connectivity index (χ4v) is 6.27. The Hall–Kier alpha value is -3.06. The molecule has 1 aromatic rings. The first-order chi connectivity index (χ1) is 18.9. The molecular formula is C32H47N5O2. The SMILES string of the molecule is C=C(/N=C1\C(=C/C)N(C)C(=O)C(C/C=C\C)CN1C1CCCC1)Nc1ccc(C2CCN(C)CC2)cc1OC. The summed E-state index contributed by atoms with van der Waals surface area (Å²) >= 11 is 0. The number of hydrogen-bond acceptors (Lipinski definition) is 5. The molecule has 2 saturated heterocycles. The molecule has 39 heavy (non-hydrogen) atoms. The van der Waals surface area contributed by atoms with E-state index >= 15 is 0 Å². The number of ether oxygens (including phenoxy) is 1. The van der Waals surface area contributed by atoms with Crippen molar-refractivity contribution in [3.05, 3.63) is 60.1 Å². The van der Waals surface area contributed by atoms with Crippen molar-refractivity contribution in [2.75, 3.05) is 46.2 Å². The maximum Gasteiger partial charge on any atom is 0.232 e. The van der Waals surface area contributed by atoms with E-state index in [4.69, 9.17) is 9.73 Å². The van der Waals surface area contributed by atoms with Gasteiger partial charge in [-0.2, -0.15) is 0 Å². The molecule has 0 spiro atoms. The van der Waals surface area contributed by atoms with Crippen LogP contribution in [0.1, 0.15) is 70.3 Å². The Morgan fingerprint density at radius 1 is 1.15 bits per heavy atom. The molecule has 4 rings (SSSR count). The van der Waals surface area contributed by atoms with Crippen LogP contribution in [0.4, 0.5) is 5.69 Å². The van der Waals surface area contributed by atoms with Crippen molar-refractivity contribution >= 4 is 17.4 Å². The number of nitrogens with zero attached hydrogens (tertiary/aromatic N) is 4. The number of piperidine rings is 1. The number of nitrogens with one attached hydrogen (secondary N) is 1. The summed E-state index contributed by atoms with van der Waals surface area (Å²) in [7, 11) is 5.77. The first-order valence-corrected chi connectivity index (χ1v) is 14.6. The number of carbonyl (C=O) groups excluding carboxylic acids is 1. The van der Waals surface area contributed by atoms with Crippen molar-refractivity contribution < 1.29 is 9.53 Å². The summed E-state index contributed by atoms with van der Waals surface area (Å²) in [5.41, 5.74) is 3.01. The normalized spacial score (nSPS) is 24.2. The number of amidine groups is 1. The first kappa shape index (κ1) is 28.9. The van der Waals surface area contributed by atoms with E-state index in [9.17, 15) is 4.79 Å². The van der Waals surface area contributed by atoms with Gasteiger partial charge in [0, 0.05) is 19.6 Å². The Morgan fingerprint density at radius 3 is 2.51 bits per heavy atom. The molecule has 0 aromatic heterocycles. The highest BCUT2D eigenvalue weighted by atomic mass is 16.5. The largest absolute Gasteiger partial charge is 0.495 e. The van der Waals surface area contributed by atoms with Crippen molar-refractivity contribution in [2.45, 2.75) is 70.8 Å². The second-order valence-corrected chi connectivity index (χ2v) is 11.2. The fourth-order valence-electron chi connectivity index (χ4n) is 6.27. The monoisotopic (exact) mass is 533 g/mol. The van der Waals surface area contributed by atoms with Crippen LogP contribution in [0.15, 0.2) is 59.5 Å². The van der Waals surface area contributed by atoms with Crippen LogP contribution in [0.5, 0.6) is 5.75 Å². The van der Waals surface area contributed by atoms with Gasteiger partial charge in [-0.15, -0.1) is 0 Å². The second kappa shape index (κ2) is 13.3. The van der Waals surface area contributed by atoms with Gasteiger partial charge < -0.3 is 24.8 Å². The van der Waals surface area contributed by atoms with E-state index < -0.39 is 0 Å². The minimum atomic E-state index is -0.108. The van der Waals surface area contributed by atoms with Crippen LogP contribution in [0.2, 0.25) is 0 Å². The van der Waals surface area contributed by atoms with Crippen LogP contribution in [0.25, 0.3) is 0 Å². The standard InChI is InChI=1S/C32H47N5O2/c1-7-9-12-26-22-37(27-13-10-11-14-27)31(29(8-2)36(5)32(26)38)34-23(3)33-28-16-15-25(21-30(28)39-6)24-17-19-35(4)20-18-24/h7-9,15-16,21,24,26-27,33H,3,10-14,17-20,22H2,1-2,4-6H3/b9-7-,29-8+,34-31+. The highest BCUT2D eigenvalue weighted by Gasteiger charge is 2.37. The molecule has 1 N–H and O–H groups in total. The molecule has 212 valence electrons. The smallest absolute Gasteiger partial charge is 0.232 e. The summed E-state index contributed by atoms with van der Waals surface area (Å²) in [5.74, 6) is 2.74. The third kappa shape index (κ3) is 6.75.